The third-order valence-corrected chi connectivity index (χ3v) is 4.51. The minimum atomic E-state index is -0.0000172. The highest BCUT2D eigenvalue weighted by Gasteiger charge is 2.39. The van der Waals surface area contributed by atoms with Gasteiger partial charge in [-0.3, -0.25) is 4.79 Å². The predicted molar refractivity (Wildman–Crippen MR) is 60.7 cm³/mol. The second kappa shape index (κ2) is 3.30. The Morgan fingerprint density at radius 1 is 1.60 bits per heavy atom. The number of hydrogen-bond acceptors (Lipinski definition) is 4. The fraction of sp³-hybridized carbons (Fsp3) is 0.545. The average Bonchev–Trinajstić information content (AvgIpc) is 2.93. The second-order valence-corrected chi connectivity index (χ2v) is 5.52. The van der Waals surface area contributed by atoms with Crippen molar-refractivity contribution >= 4 is 23.4 Å². The molecule has 0 amide bonds. The van der Waals surface area contributed by atoms with Crippen molar-refractivity contribution in [3.63, 3.8) is 0 Å². The summed E-state index contributed by atoms with van der Waals surface area (Å²) in [6, 6.07) is 4.31. The zero-order valence-electron chi connectivity index (χ0n) is 8.60. The van der Waals surface area contributed by atoms with Crippen LogP contribution in [0.2, 0.25) is 0 Å². The largest absolute Gasteiger partial charge is 0.437 e. The van der Waals surface area contributed by atoms with Crippen molar-refractivity contribution in [2.45, 2.75) is 24.6 Å². The van der Waals surface area contributed by atoms with Crippen molar-refractivity contribution in [3.8, 4) is 0 Å². The zero-order chi connectivity index (χ0) is 10.4. The van der Waals surface area contributed by atoms with Crippen LogP contribution >= 0.6 is 11.8 Å². The van der Waals surface area contributed by atoms with Crippen molar-refractivity contribution in [2.75, 3.05) is 17.2 Å². The van der Waals surface area contributed by atoms with E-state index in [9.17, 15) is 4.79 Å². The van der Waals surface area contributed by atoms with E-state index in [0.29, 0.717) is 11.8 Å². The first-order valence-electron chi connectivity index (χ1n) is 5.23. The van der Waals surface area contributed by atoms with Gasteiger partial charge in [-0.25, -0.2) is 0 Å². The monoisotopic (exact) mass is 223 g/mol. The summed E-state index contributed by atoms with van der Waals surface area (Å²) in [5, 5.41) is 0.765. The van der Waals surface area contributed by atoms with E-state index >= 15 is 0 Å². The van der Waals surface area contributed by atoms with Crippen LogP contribution in [-0.4, -0.2) is 29.4 Å². The van der Waals surface area contributed by atoms with E-state index in [1.54, 1.807) is 6.07 Å². The molecule has 2 unspecified atom stereocenters. The quantitative estimate of drug-likeness (QED) is 0.719. The molecule has 3 nitrogen and oxygen atoms in total. The molecule has 2 saturated heterocycles. The molecule has 3 heterocycles. The number of rotatable bonds is 2. The van der Waals surface area contributed by atoms with Crippen molar-refractivity contribution in [1.29, 1.82) is 0 Å². The molecule has 0 radical (unpaired) electrons. The van der Waals surface area contributed by atoms with Crippen LogP contribution in [0, 0.1) is 0 Å². The highest BCUT2D eigenvalue weighted by molar-refractivity contribution is 8.00. The maximum Gasteiger partial charge on any atom is 0.196 e. The van der Waals surface area contributed by atoms with Gasteiger partial charge < -0.3 is 9.32 Å². The molecule has 2 aliphatic rings. The van der Waals surface area contributed by atoms with Crippen LogP contribution in [0.15, 0.2) is 16.5 Å². The maximum absolute atomic E-state index is 11.1. The van der Waals surface area contributed by atoms with Gasteiger partial charge >= 0.3 is 0 Å². The van der Waals surface area contributed by atoms with Crippen LogP contribution in [0.4, 0.5) is 5.88 Å². The van der Waals surface area contributed by atoms with E-state index in [4.69, 9.17) is 4.42 Å². The summed E-state index contributed by atoms with van der Waals surface area (Å²) in [5.41, 5.74) is 0. The third kappa shape index (κ3) is 1.47. The number of Topliss-reactive ketones (excluding diaryl/α,β-unsaturated/α-hetero) is 1. The van der Waals surface area contributed by atoms with Crippen molar-refractivity contribution in [2.24, 2.45) is 0 Å². The molecule has 2 aliphatic heterocycles. The molecule has 0 aromatic carbocycles. The van der Waals surface area contributed by atoms with Gasteiger partial charge in [0, 0.05) is 36.6 Å². The summed E-state index contributed by atoms with van der Waals surface area (Å²) in [5.74, 6) is 2.54. The Balaban J connectivity index is 1.84. The van der Waals surface area contributed by atoms with Gasteiger partial charge in [0.15, 0.2) is 17.4 Å². The SMILES string of the molecule is CC(=O)c1ccc(N2CC3CC2CS3)o1. The Bertz CT molecular complexity index is 401. The van der Waals surface area contributed by atoms with Gasteiger partial charge in [0.1, 0.15) is 0 Å². The van der Waals surface area contributed by atoms with E-state index in [1.807, 2.05) is 6.07 Å². The van der Waals surface area contributed by atoms with Gasteiger partial charge in [0.05, 0.1) is 0 Å². The number of thioether (sulfide) groups is 1. The number of carbonyl (C=O) groups is 1. The fourth-order valence-electron chi connectivity index (χ4n) is 2.34. The number of ketones is 1. The molecule has 2 atom stereocenters. The van der Waals surface area contributed by atoms with Gasteiger partial charge in [-0.05, 0) is 12.5 Å². The van der Waals surface area contributed by atoms with Crippen LogP contribution < -0.4 is 4.90 Å². The molecule has 3 rings (SSSR count). The number of hydrogen-bond donors (Lipinski definition) is 0. The number of nitrogens with zero attached hydrogens (tertiary/aromatic N) is 1. The Kier molecular flexibility index (Phi) is 2.06. The molecule has 80 valence electrons. The molecule has 0 aliphatic carbocycles. The lowest BCUT2D eigenvalue weighted by Crippen LogP contribution is -2.33. The smallest absolute Gasteiger partial charge is 0.196 e. The molecule has 2 bridgehead atoms. The lowest BCUT2D eigenvalue weighted by molar-refractivity contribution is 0.0987. The van der Waals surface area contributed by atoms with E-state index in [1.165, 1.54) is 19.1 Å². The van der Waals surface area contributed by atoms with Gasteiger partial charge in [-0.2, -0.15) is 11.8 Å². The Morgan fingerprint density at radius 3 is 3.00 bits per heavy atom. The number of carbonyl (C=O) groups excluding carboxylic acids is 1. The minimum absolute atomic E-state index is 0.0000172. The number of fused-ring (bicyclic) bond motifs is 2. The molecule has 1 aromatic rings. The summed E-state index contributed by atoms with van der Waals surface area (Å²) >= 11 is 2.05. The minimum Gasteiger partial charge on any atom is -0.437 e. The first kappa shape index (κ1) is 9.33. The molecule has 0 N–H and O–H groups in total. The Morgan fingerprint density at radius 2 is 2.47 bits per heavy atom. The lowest BCUT2D eigenvalue weighted by Gasteiger charge is -2.25. The molecule has 0 saturated carbocycles. The molecular formula is C11H13NO2S. The van der Waals surface area contributed by atoms with E-state index in [0.717, 1.165) is 17.7 Å². The molecule has 2 fully saturated rings. The van der Waals surface area contributed by atoms with Gasteiger partial charge in [0.2, 0.25) is 0 Å². The highest BCUT2D eigenvalue weighted by atomic mass is 32.2. The standard InChI is InChI=1S/C11H13NO2S/c1-7(13)10-2-3-11(14-10)12-5-9-4-8(12)6-15-9/h2-3,8-9H,4-6H2,1H3. The molecule has 1 aromatic heterocycles. The van der Waals surface area contributed by atoms with E-state index < -0.39 is 0 Å². The van der Waals surface area contributed by atoms with Crippen molar-refractivity contribution < 1.29 is 9.21 Å². The summed E-state index contributed by atoms with van der Waals surface area (Å²) in [6.07, 6.45) is 1.26. The van der Waals surface area contributed by atoms with Crippen LogP contribution in [0.1, 0.15) is 23.9 Å². The predicted octanol–water partition coefficient (Wildman–Crippen LogP) is 2.18. The first-order chi connectivity index (χ1) is 7.24. The van der Waals surface area contributed by atoms with Crippen molar-refractivity contribution in [1.82, 2.24) is 0 Å². The first-order valence-corrected chi connectivity index (χ1v) is 6.28. The van der Waals surface area contributed by atoms with Crippen LogP contribution in [0.3, 0.4) is 0 Å². The highest BCUT2D eigenvalue weighted by Crippen LogP contribution is 2.40. The lowest BCUT2D eigenvalue weighted by atomic mass is 10.2. The summed E-state index contributed by atoms with van der Waals surface area (Å²) < 4.78 is 5.55. The third-order valence-electron chi connectivity index (χ3n) is 3.12. The number of anilines is 1. The number of furan rings is 1. The average molecular weight is 223 g/mol. The molecule has 15 heavy (non-hydrogen) atoms. The Labute approximate surface area is 92.8 Å². The van der Waals surface area contributed by atoms with Crippen molar-refractivity contribution in [3.05, 3.63) is 17.9 Å². The van der Waals surface area contributed by atoms with E-state index in [-0.39, 0.29) is 5.78 Å². The topological polar surface area (TPSA) is 33.5 Å². The van der Waals surface area contributed by atoms with Crippen LogP contribution in [-0.2, 0) is 0 Å². The normalized spacial score (nSPS) is 28.7. The van der Waals surface area contributed by atoms with Gasteiger partial charge in [0.25, 0.3) is 0 Å². The van der Waals surface area contributed by atoms with Gasteiger partial charge in [-0.1, -0.05) is 0 Å². The summed E-state index contributed by atoms with van der Waals surface area (Å²) in [7, 11) is 0. The van der Waals surface area contributed by atoms with Crippen LogP contribution in [0.5, 0.6) is 0 Å². The maximum atomic E-state index is 11.1. The molecule has 0 spiro atoms. The fourth-order valence-corrected chi connectivity index (χ4v) is 3.78. The van der Waals surface area contributed by atoms with Gasteiger partial charge in [-0.15, -0.1) is 0 Å². The summed E-state index contributed by atoms with van der Waals surface area (Å²) in [4.78, 5) is 13.4. The Hall–Kier alpha value is -0.900. The second-order valence-electron chi connectivity index (χ2n) is 4.19. The van der Waals surface area contributed by atoms with Crippen LogP contribution in [0.25, 0.3) is 0 Å². The zero-order valence-corrected chi connectivity index (χ0v) is 9.42. The molecule has 4 heteroatoms. The summed E-state index contributed by atoms with van der Waals surface area (Å²) in [6.45, 7) is 2.61. The molecular weight excluding hydrogens is 210 g/mol. The van der Waals surface area contributed by atoms with E-state index in [2.05, 4.69) is 16.7 Å².